The van der Waals surface area contributed by atoms with Crippen molar-refractivity contribution in [2.75, 3.05) is 45.8 Å². The van der Waals surface area contributed by atoms with Crippen LogP contribution in [0.5, 0.6) is 0 Å². The summed E-state index contributed by atoms with van der Waals surface area (Å²) in [6.07, 6.45) is 3.44. The fraction of sp³-hybridized carbons (Fsp3) is 0.414. The lowest BCUT2D eigenvalue weighted by Crippen LogP contribution is -2.52. The van der Waals surface area contributed by atoms with Crippen LogP contribution in [0.25, 0.3) is 22.2 Å². The average molecular weight is 471 g/mol. The topological polar surface area (TPSA) is 56.8 Å². The van der Waals surface area contributed by atoms with E-state index in [2.05, 4.69) is 36.9 Å². The van der Waals surface area contributed by atoms with Crippen molar-refractivity contribution < 1.29 is 9.59 Å². The molecule has 2 aliphatic heterocycles. The van der Waals surface area contributed by atoms with Crippen LogP contribution in [0.2, 0.25) is 0 Å². The summed E-state index contributed by atoms with van der Waals surface area (Å²) in [4.78, 5) is 37.4. The van der Waals surface area contributed by atoms with Gasteiger partial charge < -0.3 is 9.80 Å². The van der Waals surface area contributed by atoms with Gasteiger partial charge in [0.2, 0.25) is 5.91 Å². The van der Waals surface area contributed by atoms with Gasteiger partial charge >= 0.3 is 0 Å². The van der Waals surface area contributed by atoms with Crippen molar-refractivity contribution in [1.29, 1.82) is 0 Å². The largest absolute Gasteiger partial charge is 0.342 e. The summed E-state index contributed by atoms with van der Waals surface area (Å²) in [7, 11) is 0. The molecule has 2 aromatic carbocycles. The quantitative estimate of drug-likeness (QED) is 0.571. The second kappa shape index (κ2) is 10.2. The molecular weight excluding hydrogens is 436 g/mol. The molecule has 2 fully saturated rings. The molecule has 3 aromatic rings. The number of aromatic nitrogens is 1. The smallest absolute Gasteiger partial charge is 0.254 e. The van der Waals surface area contributed by atoms with E-state index in [1.807, 2.05) is 40.1 Å². The van der Waals surface area contributed by atoms with Gasteiger partial charge in [-0.25, -0.2) is 4.98 Å². The third kappa shape index (κ3) is 5.08. The standard InChI is InChI=1S/C29H34N4O2/c1-21-10-11-23(22(2)18-21)27-19-25(24-8-4-5-9-26(24)30-27)29(35)33-16-14-31(15-17-33)20-28(34)32-12-6-3-7-13-32/h4-5,8-11,18-19H,3,6-7,12-17,20H2,1-2H3. The molecule has 6 heteroatoms. The Morgan fingerprint density at radius 3 is 2.31 bits per heavy atom. The molecule has 0 bridgehead atoms. The predicted molar refractivity (Wildman–Crippen MR) is 139 cm³/mol. The van der Waals surface area contributed by atoms with Crippen molar-refractivity contribution in [2.24, 2.45) is 0 Å². The molecular formula is C29H34N4O2. The van der Waals surface area contributed by atoms with Crippen LogP contribution in [-0.4, -0.2) is 77.3 Å². The number of rotatable bonds is 4. The van der Waals surface area contributed by atoms with Crippen LogP contribution in [0.15, 0.2) is 48.5 Å². The van der Waals surface area contributed by atoms with E-state index < -0.39 is 0 Å². The van der Waals surface area contributed by atoms with Crippen molar-refractivity contribution in [2.45, 2.75) is 33.1 Å². The number of carbonyl (C=O) groups is 2. The Morgan fingerprint density at radius 2 is 1.57 bits per heavy atom. The Morgan fingerprint density at radius 1 is 0.829 bits per heavy atom. The number of amides is 2. The van der Waals surface area contributed by atoms with E-state index in [9.17, 15) is 9.59 Å². The van der Waals surface area contributed by atoms with Crippen LogP contribution >= 0.6 is 0 Å². The van der Waals surface area contributed by atoms with Crippen molar-refractivity contribution >= 4 is 22.7 Å². The number of pyridine rings is 1. The van der Waals surface area contributed by atoms with Gasteiger partial charge in [0.15, 0.2) is 0 Å². The highest BCUT2D eigenvalue weighted by Gasteiger charge is 2.27. The van der Waals surface area contributed by atoms with Crippen LogP contribution in [0.1, 0.15) is 40.7 Å². The minimum absolute atomic E-state index is 0.0385. The number of hydrogen-bond donors (Lipinski definition) is 0. The summed E-state index contributed by atoms with van der Waals surface area (Å²) in [5, 5.41) is 0.883. The van der Waals surface area contributed by atoms with Crippen LogP contribution in [0.3, 0.4) is 0 Å². The first-order chi connectivity index (χ1) is 17.0. The molecule has 0 N–H and O–H groups in total. The van der Waals surface area contributed by atoms with Gasteiger partial charge in [-0.1, -0.05) is 42.0 Å². The molecule has 3 heterocycles. The number of para-hydroxylation sites is 1. The van der Waals surface area contributed by atoms with Gasteiger partial charge in [0.25, 0.3) is 5.91 Å². The van der Waals surface area contributed by atoms with Gasteiger partial charge in [-0.15, -0.1) is 0 Å². The maximum absolute atomic E-state index is 13.7. The molecule has 5 rings (SSSR count). The molecule has 1 aromatic heterocycles. The minimum Gasteiger partial charge on any atom is -0.342 e. The lowest BCUT2D eigenvalue weighted by Gasteiger charge is -2.36. The minimum atomic E-state index is 0.0385. The first-order valence-corrected chi connectivity index (χ1v) is 12.8. The molecule has 0 unspecified atom stereocenters. The highest BCUT2D eigenvalue weighted by molar-refractivity contribution is 6.07. The van der Waals surface area contributed by atoms with E-state index in [4.69, 9.17) is 4.98 Å². The number of fused-ring (bicyclic) bond motifs is 1. The lowest BCUT2D eigenvalue weighted by molar-refractivity contribution is -0.133. The van der Waals surface area contributed by atoms with Crippen molar-refractivity contribution in [1.82, 2.24) is 19.7 Å². The second-order valence-electron chi connectivity index (χ2n) is 9.90. The van der Waals surface area contributed by atoms with Crippen molar-refractivity contribution in [3.63, 3.8) is 0 Å². The zero-order chi connectivity index (χ0) is 24.4. The Hall–Kier alpha value is -3.25. The fourth-order valence-corrected chi connectivity index (χ4v) is 5.31. The maximum atomic E-state index is 13.7. The van der Waals surface area contributed by atoms with Crippen LogP contribution in [0.4, 0.5) is 0 Å². The normalized spacial score (nSPS) is 17.1. The monoisotopic (exact) mass is 470 g/mol. The second-order valence-corrected chi connectivity index (χ2v) is 9.90. The molecule has 0 saturated carbocycles. The zero-order valence-electron chi connectivity index (χ0n) is 20.8. The Labute approximate surface area is 207 Å². The van der Waals surface area contributed by atoms with Crippen LogP contribution < -0.4 is 0 Å². The van der Waals surface area contributed by atoms with Gasteiger partial charge in [0, 0.05) is 50.2 Å². The first-order valence-electron chi connectivity index (χ1n) is 12.8. The van der Waals surface area contributed by atoms with E-state index in [0.717, 1.165) is 66.7 Å². The molecule has 0 radical (unpaired) electrons. The SMILES string of the molecule is Cc1ccc(-c2cc(C(=O)N3CCN(CC(=O)N4CCCCC4)CC3)c3ccccc3n2)c(C)c1. The van der Waals surface area contributed by atoms with Gasteiger partial charge in [-0.3, -0.25) is 14.5 Å². The van der Waals surface area contributed by atoms with Gasteiger partial charge in [-0.05, 0) is 50.8 Å². The third-order valence-corrected chi connectivity index (χ3v) is 7.33. The number of hydrogen-bond acceptors (Lipinski definition) is 4. The highest BCUT2D eigenvalue weighted by atomic mass is 16.2. The fourth-order valence-electron chi connectivity index (χ4n) is 5.31. The molecule has 6 nitrogen and oxygen atoms in total. The molecule has 2 amide bonds. The number of piperidine rings is 1. The number of likely N-dealkylation sites (tertiary alicyclic amines) is 1. The molecule has 0 aliphatic carbocycles. The summed E-state index contributed by atoms with van der Waals surface area (Å²) < 4.78 is 0. The zero-order valence-corrected chi connectivity index (χ0v) is 20.8. The lowest BCUT2D eigenvalue weighted by atomic mass is 9.99. The van der Waals surface area contributed by atoms with E-state index in [1.54, 1.807) is 0 Å². The molecule has 35 heavy (non-hydrogen) atoms. The number of aryl methyl sites for hydroxylation is 2. The van der Waals surface area contributed by atoms with E-state index in [-0.39, 0.29) is 11.8 Å². The maximum Gasteiger partial charge on any atom is 0.254 e. The van der Waals surface area contributed by atoms with Gasteiger partial charge in [0.05, 0.1) is 23.3 Å². The number of benzene rings is 2. The van der Waals surface area contributed by atoms with E-state index in [1.165, 1.54) is 12.0 Å². The van der Waals surface area contributed by atoms with Crippen LogP contribution in [-0.2, 0) is 4.79 Å². The summed E-state index contributed by atoms with van der Waals surface area (Å²) in [6, 6.07) is 16.2. The molecule has 2 saturated heterocycles. The highest BCUT2D eigenvalue weighted by Crippen LogP contribution is 2.28. The molecule has 2 aliphatic rings. The summed E-state index contributed by atoms with van der Waals surface area (Å²) in [5.74, 6) is 0.263. The van der Waals surface area contributed by atoms with Gasteiger partial charge in [-0.2, -0.15) is 0 Å². The van der Waals surface area contributed by atoms with Crippen molar-refractivity contribution in [3.05, 3.63) is 65.2 Å². The molecule has 0 spiro atoms. The number of carbonyl (C=O) groups excluding carboxylic acids is 2. The average Bonchev–Trinajstić information content (AvgIpc) is 2.88. The van der Waals surface area contributed by atoms with Crippen LogP contribution in [0, 0.1) is 13.8 Å². The summed E-state index contributed by atoms with van der Waals surface area (Å²) >= 11 is 0. The first kappa shape index (κ1) is 23.5. The van der Waals surface area contributed by atoms with E-state index in [0.29, 0.717) is 25.2 Å². The third-order valence-electron chi connectivity index (χ3n) is 7.33. The Bertz CT molecular complexity index is 1240. The van der Waals surface area contributed by atoms with Crippen molar-refractivity contribution in [3.8, 4) is 11.3 Å². The molecule has 182 valence electrons. The van der Waals surface area contributed by atoms with Gasteiger partial charge in [0.1, 0.15) is 0 Å². The van der Waals surface area contributed by atoms with E-state index >= 15 is 0 Å². The number of nitrogens with zero attached hydrogens (tertiary/aromatic N) is 4. The molecule has 0 atom stereocenters. The predicted octanol–water partition coefficient (Wildman–Crippen LogP) is 4.29. The Balaban J connectivity index is 1.34. The number of piperazine rings is 1. The Kier molecular flexibility index (Phi) is 6.82. The summed E-state index contributed by atoms with van der Waals surface area (Å²) in [5.41, 5.74) is 5.77. The summed E-state index contributed by atoms with van der Waals surface area (Å²) in [6.45, 7) is 9.09.